The molecule has 2 bridgehead atoms. The summed E-state index contributed by atoms with van der Waals surface area (Å²) in [5, 5.41) is 11.8. The number of esters is 2. The first-order chi connectivity index (χ1) is 18.2. The molecular formula is C29H36O10. The van der Waals surface area contributed by atoms with E-state index in [0.717, 1.165) is 0 Å². The molecule has 1 N–H and O–H groups in total. The van der Waals surface area contributed by atoms with Crippen LogP contribution in [0.1, 0.15) is 66.7 Å². The third-order valence-corrected chi connectivity index (χ3v) is 12.3. The first-order valence-corrected chi connectivity index (χ1v) is 14.5. The molecule has 212 valence electrons. The van der Waals surface area contributed by atoms with Gasteiger partial charge in [0, 0.05) is 35.5 Å². The Labute approximate surface area is 226 Å². The minimum absolute atomic E-state index is 0.0225. The van der Waals surface area contributed by atoms with Crippen molar-refractivity contribution in [3.63, 3.8) is 0 Å². The fraction of sp³-hybridized carbons (Fsp3) is 0.862. The molecule has 0 amide bonds. The van der Waals surface area contributed by atoms with Crippen molar-refractivity contribution in [3.8, 4) is 0 Å². The lowest BCUT2D eigenvalue weighted by Crippen LogP contribution is -2.64. The monoisotopic (exact) mass is 544 g/mol. The van der Waals surface area contributed by atoms with E-state index in [1.54, 1.807) is 6.92 Å². The summed E-state index contributed by atoms with van der Waals surface area (Å²) in [6.07, 6.45) is -1.75. The van der Waals surface area contributed by atoms with Crippen LogP contribution in [0.5, 0.6) is 0 Å². The molecule has 3 spiro atoms. The molecule has 8 aliphatic rings. The summed E-state index contributed by atoms with van der Waals surface area (Å²) in [6.45, 7) is 9.33. The van der Waals surface area contributed by atoms with E-state index in [4.69, 9.17) is 23.7 Å². The molecule has 14 unspecified atom stereocenters. The van der Waals surface area contributed by atoms with Crippen molar-refractivity contribution in [2.24, 2.45) is 40.9 Å². The largest absolute Gasteiger partial charge is 0.459 e. The minimum atomic E-state index is -1.80. The summed E-state index contributed by atoms with van der Waals surface area (Å²) in [4.78, 5) is 54.1. The molecule has 2 aliphatic carbocycles. The van der Waals surface area contributed by atoms with Gasteiger partial charge in [0.2, 0.25) is 11.6 Å². The molecule has 0 aromatic rings. The standard InChI is InChI=1S/C29H36O10/c1-11-17-20-19(12(2)24(34)35-20)38-29-21(17)26(5,22(11)32)6-7-27(39-29)10-28-14(8-13(30)18(27)23(29)33)25(3,4)36-15(28)9-16(31)37-28/h11-15,17-21,30H,6-10H2,1-5H3. The predicted octanol–water partition coefficient (Wildman–Crippen LogP) is 1.48. The van der Waals surface area contributed by atoms with Gasteiger partial charge < -0.3 is 28.8 Å². The van der Waals surface area contributed by atoms with E-state index in [0.29, 0.717) is 12.8 Å². The van der Waals surface area contributed by atoms with Gasteiger partial charge in [0.1, 0.15) is 29.7 Å². The summed E-state index contributed by atoms with van der Waals surface area (Å²) < 4.78 is 32.0. The molecule has 0 radical (unpaired) electrons. The number of aliphatic hydroxyl groups excluding tert-OH is 1. The van der Waals surface area contributed by atoms with Gasteiger partial charge in [0.25, 0.3) is 0 Å². The molecule has 6 saturated heterocycles. The van der Waals surface area contributed by atoms with E-state index in [2.05, 4.69) is 0 Å². The Morgan fingerprint density at radius 2 is 1.67 bits per heavy atom. The van der Waals surface area contributed by atoms with E-state index in [9.17, 15) is 24.3 Å². The summed E-state index contributed by atoms with van der Waals surface area (Å²) >= 11 is 0. The van der Waals surface area contributed by atoms with Crippen LogP contribution in [0, 0.1) is 40.9 Å². The lowest BCUT2D eigenvalue weighted by atomic mass is 9.60. The van der Waals surface area contributed by atoms with Crippen LogP contribution in [0.3, 0.4) is 0 Å². The average Bonchev–Trinajstić information content (AvgIpc) is 3.45. The van der Waals surface area contributed by atoms with Gasteiger partial charge in [-0.2, -0.15) is 0 Å². The van der Waals surface area contributed by atoms with Crippen molar-refractivity contribution in [1.82, 2.24) is 0 Å². The normalized spacial score (nSPS) is 59.9. The van der Waals surface area contributed by atoms with Crippen LogP contribution in [-0.2, 0) is 42.9 Å². The maximum Gasteiger partial charge on any atom is 0.311 e. The van der Waals surface area contributed by atoms with Gasteiger partial charge in [0.05, 0.1) is 35.6 Å². The van der Waals surface area contributed by atoms with E-state index < -0.39 is 88.0 Å². The number of aliphatic hydroxyl groups is 1. The third-order valence-electron chi connectivity index (χ3n) is 12.3. The number of ketones is 2. The van der Waals surface area contributed by atoms with Gasteiger partial charge in [-0.15, -0.1) is 0 Å². The molecule has 2 saturated carbocycles. The Bertz CT molecular complexity index is 1240. The van der Waals surface area contributed by atoms with Crippen LogP contribution >= 0.6 is 0 Å². The van der Waals surface area contributed by atoms with Gasteiger partial charge in [-0.05, 0) is 40.0 Å². The molecule has 10 nitrogen and oxygen atoms in total. The Morgan fingerprint density at radius 3 is 2.41 bits per heavy atom. The van der Waals surface area contributed by atoms with E-state index >= 15 is 0 Å². The summed E-state index contributed by atoms with van der Waals surface area (Å²) in [7, 11) is 0. The number of hydrogen-bond donors (Lipinski definition) is 1. The predicted molar refractivity (Wildman–Crippen MR) is 129 cm³/mol. The summed E-state index contributed by atoms with van der Waals surface area (Å²) in [5.74, 6) is -6.35. The molecule has 10 heteroatoms. The van der Waals surface area contributed by atoms with Crippen LogP contribution in [0.2, 0.25) is 0 Å². The quantitative estimate of drug-likeness (QED) is 0.447. The van der Waals surface area contributed by atoms with Crippen molar-refractivity contribution in [2.75, 3.05) is 0 Å². The molecule has 8 fully saturated rings. The van der Waals surface area contributed by atoms with Crippen molar-refractivity contribution in [2.45, 2.75) is 114 Å². The number of rotatable bonds is 0. The number of fused-ring (bicyclic) bond motifs is 2. The topological polar surface area (TPSA) is 135 Å². The fourth-order valence-corrected chi connectivity index (χ4v) is 10.8. The first kappa shape index (κ1) is 24.9. The second-order valence-corrected chi connectivity index (χ2v) is 14.4. The summed E-state index contributed by atoms with van der Waals surface area (Å²) in [5.41, 5.74) is -3.91. The lowest BCUT2D eigenvalue weighted by Gasteiger charge is -2.50. The van der Waals surface area contributed by atoms with Crippen LogP contribution in [0.4, 0.5) is 0 Å². The minimum Gasteiger partial charge on any atom is -0.459 e. The SMILES string of the molecule is CC1C(=O)OC2C1OC13OC4(CCC5(C)C(=O)C(C)C2C51)CC12OC(=O)CC1OC(C)(C)C2CC(O)C4C3=O. The molecular weight excluding hydrogens is 508 g/mol. The zero-order chi connectivity index (χ0) is 27.7. The van der Waals surface area contributed by atoms with Gasteiger partial charge >= 0.3 is 11.9 Å². The van der Waals surface area contributed by atoms with Gasteiger partial charge in [-0.3, -0.25) is 19.2 Å². The maximum atomic E-state index is 14.8. The van der Waals surface area contributed by atoms with Gasteiger partial charge in [-0.25, -0.2) is 0 Å². The number of hydrogen-bond acceptors (Lipinski definition) is 10. The molecule has 0 aromatic heterocycles. The number of ether oxygens (including phenoxy) is 5. The highest BCUT2D eigenvalue weighted by molar-refractivity contribution is 5.97. The lowest BCUT2D eigenvalue weighted by molar-refractivity contribution is -0.331. The first-order valence-electron chi connectivity index (χ1n) is 14.5. The van der Waals surface area contributed by atoms with Gasteiger partial charge in [-0.1, -0.05) is 13.8 Å². The van der Waals surface area contributed by atoms with Crippen molar-refractivity contribution in [3.05, 3.63) is 0 Å². The smallest absolute Gasteiger partial charge is 0.311 e. The highest BCUT2D eigenvalue weighted by Crippen LogP contribution is 2.71. The Kier molecular flexibility index (Phi) is 4.43. The molecule has 6 heterocycles. The molecule has 0 aromatic carbocycles. The number of Topliss-reactive ketones (excluding diaryl/α,β-unsaturated/α-hetero) is 2. The number of carbonyl (C=O) groups is 4. The fourth-order valence-electron chi connectivity index (χ4n) is 10.8. The molecule has 8 rings (SSSR count). The number of carbonyl (C=O) groups excluding carboxylic acids is 4. The zero-order valence-corrected chi connectivity index (χ0v) is 22.9. The third kappa shape index (κ3) is 2.56. The van der Waals surface area contributed by atoms with Crippen LogP contribution in [0.25, 0.3) is 0 Å². The van der Waals surface area contributed by atoms with Crippen molar-refractivity contribution in [1.29, 1.82) is 0 Å². The average molecular weight is 545 g/mol. The molecule has 39 heavy (non-hydrogen) atoms. The highest BCUT2D eigenvalue weighted by atomic mass is 16.7. The second kappa shape index (κ2) is 6.94. The zero-order valence-electron chi connectivity index (χ0n) is 22.9. The van der Waals surface area contributed by atoms with Crippen LogP contribution < -0.4 is 0 Å². The maximum absolute atomic E-state index is 14.8. The van der Waals surface area contributed by atoms with Crippen LogP contribution in [-0.4, -0.2) is 75.6 Å². The van der Waals surface area contributed by atoms with Crippen molar-refractivity contribution < 1.29 is 48.0 Å². The Balaban J connectivity index is 1.32. The van der Waals surface area contributed by atoms with E-state index in [1.165, 1.54) is 0 Å². The van der Waals surface area contributed by atoms with Crippen molar-refractivity contribution >= 4 is 23.5 Å². The van der Waals surface area contributed by atoms with Gasteiger partial charge in [0.15, 0.2) is 0 Å². The summed E-state index contributed by atoms with van der Waals surface area (Å²) in [6, 6.07) is 0. The Morgan fingerprint density at radius 1 is 0.923 bits per heavy atom. The molecule has 14 atom stereocenters. The molecule has 6 aliphatic heterocycles. The Hall–Kier alpha value is -1.88. The van der Waals surface area contributed by atoms with E-state index in [1.807, 2.05) is 27.7 Å². The van der Waals surface area contributed by atoms with E-state index in [-0.39, 0.29) is 42.7 Å². The van der Waals surface area contributed by atoms with Crippen LogP contribution in [0.15, 0.2) is 0 Å². The second-order valence-electron chi connectivity index (χ2n) is 14.4. The highest BCUT2D eigenvalue weighted by Gasteiger charge is 2.83.